The van der Waals surface area contributed by atoms with Gasteiger partial charge in [-0.3, -0.25) is 0 Å². The van der Waals surface area contributed by atoms with Crippen molar-refractivity contribution in [2.75, 3.05) is 0 Å². The molecule has 4 atom stereocenters. The average Bonchev–Trinajstić information content (AvgIpc) is 3.03. The number of nitrogens with two attached hydrogens (primary N) is 1. The number of amides is 2. The van der Waals surface area contributed by atoms with Gasteiger partial charge in [0.1, 0.15) is 24.4 Å². The van der Waals surface area contributed by atoms with E-state index in [-0.39, 0.29) is 30.3 Å². The van der Waals surface area contributed by atoms with Gasteiger partial charge in [-0.2, -0.15) is 0 Å². The normalized spacial score (nSPS) is 20.0. The van der Waals surface area contributed by atoms with E-state index in [1.54, 1.807) is 41.5 Å². The summed E-state index contributed by atoms with van der Waals surface area (Å²) < 4.78 is 24.2. The van der Waals surface area contributed by atoms with E-state index in [4.69, 9.17) is 24.7 Å². The lowest BCUT2D eigenvalue weighted by atomic mass is 9.87. The minimum Gasteiger partial charge on any atom is -0.445 e. The number of hydrogen-bond acceptors (Lipinski definition) is 10. The molecule has 2 amide bonds. The highest BCUT2D eigenvalue weighted by atomic mass is 16.8. The van der Waals surface area contributed by atoms with Crippen LogP contribution < -0.4 is 16.4 Å². The summed E-state index contributed by atoms with van der Waals surface area (Å²) in [5.74, 6) is 0.707. The molecule has 2 aliphatic rings. The summed E-state index contributed by atoms with van der Waals surface area (Å²) in [6.45, 7) is 12.9. The molecule has 4 N–H and O–H groups in total. The van der Waals surface area contributed by atoms with Crippen LogP contribution in [0.25, 0.3) is 0 Å². The van der Waals surface area contributed by atoms with Gasteiger partial charge in [0.25, 0.3) is 0 Å². The van der Waals surface area contributed by atoms with Crippen LogP contribution in [0.5, 0.6) is 0 Å². The summed E-state index contributed by atoms with van der Waals surface area (Å²) >= 11 is 0. The minimum absolute atomic E-state index is 0.164. The molecule has 51 heavy (non-hydrogen) atoms. The first-order valence-corrected chi connectivity index (χ1v) is 17.8. The monoisotopic (exact) mass is 713 g/mol. The van der Waals surface area contributed by atoms with Crippen molar-refractivity contribution in [1.29, 1.82) is 0 Å². The average molecular weight is 714 g/mol. The first-order valence-electron chi connectivity index (χ1n) is 17.8. The Morgan fingerprint density at radius 1 is 0.647 bits per heavy atom. The third kappa shape index (κ3) is 21.5. The lowest BCUT2D eigenvalue weighted by Gasteiger charge is -2.27. The summed E-state index contributed by atoms with van der Waals surface area (Å²) in [4.78, 5) is 45.3. The predicted octanol–water partition coefficient (Wildman–Crippen LogP) is 8.55. The highest BCUT2D eigenvalue weighted by Crippen LogP contribution is 2.23. The van der Waals surface area contributed by atoms with Crippen LogP contribution in [0, 0.1) is 5.92 Å². The Balaban J connectivity index is 0.000000267. The maximum atomic E-state index is 11.7. The summed E-state index contributed by atoms with van der Waals surface area (Å²) in [7, 11) is 0. The second-order valence-electron chi connectivity index (χ2n) is 15.0. The van der Waals surface area contributed by atoms with E-state index in [0.29, 0.717) is 19.1 Å². The summed E-state index contributed by atoms with van der Waals surface area (Å²) in [6, 6.07) is 20.1. The Morgan fingerprint density at radius 2 is 1.06 bits per heavy atom. The number of hydrogen-bond donors (Lipinski definition) is 3. The van der Waals surface area contributed by atoms with Crippen LogP contribution in [0.1, 0.15) is 111 Å². The molecule has 12 heteroatoms. The molecule has 0 radical (unpaired) electrons. The molecule has 2 saturated carbocycles. The molecule has 0 bridgehead atoms. The smallest absolute Gasteiger partial charge is 0.445 e. The van der Waals surface area contributed by atoms with E-state index in [1.807, 2.05) is 60.7 Å². The first kappa shape index (κ1) is 42.8. The van der Waals surface area contributed by atoms with Crippen molar-refractivity contribution in [2.24, 2.45) is 11.7 Å². The molecule has 2 aromatic rings. The molecular weight excluding hydrogens is 654 g/mol. The summed E-state index contributed by atoms with van der Waals surface area (Å²) in [6.07, 6.45) is 5.83. The van der Waals surface area contributed by atoms with Gasteiger partial charge in [0.2, 0.25) is 0 Å². The number of nitrogens with one attached hydrogen (secondary N) is 2. The van der Waals surface area contributed by atoms with Crippen molar-refractivity contribution < 1.29 is 42.9 Å². The Labute approximate surface area is 303 Å². The number of alkyl carbamates (subject to hydrolysis) is 2. The third-order valence-corrected chi connectivity index (χ3v) is 7.67. The van der Waals surface area contributed by atoms with E-state index in [0.717, 1.165) is 49.7 Å². The molecule has 0 aromatic heterocycles. The van der Waals surface area contributed by atoms with Gasteiger partial charge >= 0.3 is 24.5 Å². The zero-order valence-corrected chi connectivity index (χ0v) is 31.4. The van der Waals surface area contributed by atoms with Crippen molar-refractivity contribution >= 4 is 24.5 Å². The van der Waals surface area contributed by atoms with E-state index in [2.05, 4.69) is 22.3 Å². The van der Waals surface area contributed by atoms with Crippen LogP contribution in [0.2, 0.25) is 0 Å². The number of rotatable bonds is 6. The molecule has 0 aliphatic heterocycles. The second kappa shape index (κ2) is 21.8. The molecule has 0 unspecified atom stereocenters. The van der Waals surface area contributed by atoms with Crippen LogP contribution in [0.3, 0.4) is 0 Å². The molecule has 284 valence electrons. The maximum Gasteiger partial charge on any atom is 0.519 e. The second-order valence-corrected chi connectivity index (χ2v) is 15.0. The molecule has 4 rings (SSSR count). The van der Waals surface area contributed by atoms with Crippen molar-refractivity contribution in [1.82, 2.24) is 10.6 Å². The van der Waals surface area contributed by atoms with Crippen LogP contribution in [0.15, 0.2) is 60.7 Å². The van der Waals surface area contributed by atoms with Gasteiger partial charge < -0.3 is 40.1 Å². The number of carbonyl (C=O) groups excluding carboxylic acids is 4. The number of ether oxygens (including phenoxy) is 5. The topological polar surface area (TPSA) is 165 Å². The van der Waals surface area contributed by atoms with Crippen molar-refractivity contribution in [3.63, 3.8) is 0 Å². The summed E-state index contributed by atoms with van der Waals surface area (Å²) in [5, 5.41) is 5.84. The molecule has 12 nitrogen and oxygen atoms in total. The van der Waals surface area contributed by atoms with Crippen LogP contribution in [0.4, 0.5) is 19.2 Å². The van der Waals surface area contributed by atoms with Crippen molar-refractivity contribution in [3.05, 3.63) is 71.8 Å². The fourth-order valence-corrected chi connectivity index (χ4v) is 5.40. The van der Waals surface area contributed by atoms with E-state index >= 15 is 0 Å². The Bertz CT molecular complexity index is 1230. The molecule has 2 aliphatic carbocycles. The SMILES string of the molecule is CC(C)(C)OC(=O)OC(=O)OC(C)(C)C.C[C@@H]1CCC[C@H](NC(=O)OCc2ccccc2)C1.N[C@@H]1CCC[C@H](NC(=O)OCc2ccccc2)C1. The zero-order chi connectivity index (χ0) is 37.9. The largest absolute Gasteiger partial charge is 0.519 e. The van der Waals surface area contributed by atoms with Gasteiger partial charge in [0.05, 0.1) is 0 Å². The molecule has 0 saturated heterocycles. The third-order valence-electron chi connectivity index (χ3n) is 7.67. The van der Waals surface area contributed by atoms with Crippen molar-refractivity contribution in [2.45, 2.75) is 142 Å². The number of carbonyl (C=O) groups is 4. The van der Waals surface area contributed by atoms with E-state index < -0.39 is 23.5 Å². The zero-order valence-electron chi connectivity index (χ0n) is 31.4. The first-order chi connectivity index (χ1) is 24.0. The standard InChI is InChI=1S/C15H21NO2.C14H20N2O2.C10H18O5/c1-12-6-5-9-14(10-12)16-15(17)18-11-13-7-3-2-4-8-13;15-12-7-4-8-13(9-12)16-14(17)18-10-11-5-2-1-3-6-11;1-9(2,3)14-7(11)13-8(12)15-10(4,5)6/h2-4,7-8,12,14H,5-6,9-11H2,1H3,(H,16,17);1-3,5-6,12-13H,4,7-10,15H2,(H,16,17);1-6H3/t12-,14+;12-,13+;/m11./s1. The quantitative estimate of drug-likeness (QED) is 0.150. The highest BCUT2D eigenvalue weighted by molar-refractivity contribution is 5.77. The van der Waals surface area contributed by atoms with Crippen LogP contribution in [-0.4, -0.2) is 53.8 Å². The summed E-state index contributed by atoms with van der Waals surface area (Å²) in [5.41, 5.74) is 6.49. The van der Waals surface area contributed by atoms with Gasteiger partial charge in [-0.1, -0.05) is 80.4 Å². The van der Waals surface area contributed by atoms with Gasteiger partial charge in [-0.05, 0) is 97.1 Å². The molecule has 2 fully saturated rings. The van der Waals surface area contributed by atoms with Gasteiger partial charge in [-0.25, -0.2) is 19.2 Å². The minimum atomic E-state index is -1.06. The Kier molecular flexibility index (Phi) is 18.3. The van der Waals surface area contributed by atoms with Crippen LogP contribution >= 0.6 is 0 Å². The predicted molar refractivity (Wildman–Crippen MR) is 195 cm³/mol. The molecular formula is C39H59N3O9. The molecule has 0 spiro atoms. The van der Waals surface area contributed by atoms with Gasteiger partial charge in [0, 0.05) is 18.1 Å². The van der Waals surface area contributed by atoms with Gasteiger partial charge in [-0.15, -0.1) is 0 Å². The van der Waals surface area contributed by atoms with E-state index in [1.165, 1.54) is 12.8 Å². The van der Waals surface area contributed by atoms with Crippen molar-refractivity contribution in [3.8, 4) is 0 Å². The van der Waals surface area contributed by atoms with Gasteiger partial charge in [0.15, 0.2) is 0 Å². The van der Waals surface area contributed by atoms with Crippen LogP contribution in [-0.2, 0) is 36.9 Å². The Morgan fingerprint density at radius 3 is 1.45 bits per heavy atom. The Hall–Kier alpha value is -4.32. The lowest BCUT2D eigenvalue weighted by molar-refractivity contribution is -0.0294. The highest BCUT2D eigenvalue weighted by Gasteiger charge is 2.25. The fraction of sp³-hybridized carbons (Fsp3) is 0.590. The number of benzene rings is 2. The van der Waals surface area contributed by atoms with E-state index in [9.17, 15) is 19.2 Å². The molecule has 2 aromatic carbocycles. The fourth-order valence-electron chi connectivity index (χ4n) is 5.40. The maximum absolute atomic E-state index is 11.7. The molecule has 0 heterocycles. The lowest BCUT2D eigenvalue weighted by Crippen LogP contribution is -2.42.